The largest absolute Gasteiger partial charge is 0.404 e. The zero-order valence-corrected chi connectivity index (χ0v) is 22.4. The number of anilines is 1. The number of rotatable bonds is 8. The van der Waals surface area contributed by atoms with Crippen LogP contribution in [-0.4, -0.2) is 60.3 Å². The summed E-state index contributed by atoms with van der Waals surface area (Å²) in [4.78, 5) is 34.2. The van der Waals surface area contributed by atoms with Crippen molar-refractivity contribution in [1.29, 1.82) is 5.41 Å². The number of amides is 2. The fourth-order valence-corrected chi connectivity index (χ4v) is 6.08. The molecule has 39 heavy (non-hydrogen) atoms. The van der Waals surface area contributed by atoms with Crippen LogP contribution < -0.4 is 16.4 Å². The lowest BCUT2D eigenvalue weighted by Gasteiger charge is -2.36. The molecular formula is C29H32N6O3S. The molecule has 0 radical (unpaired) electrons. The zero-order chi connectivity index (χ0) is 27.2. The summed E-state index contributed by atoms with van der Waals surface area (Å²) in [5.74, 6) is -0.476. The Bertz CT molecular complexity index is 1400. The van der Waals surface area contributed by atoms with Crippen molar-refractivity contribution in [2.24, 2.45) is 5.73 Å². The van der Waals surface area contributed by atoms with E-state index in [1.807, 2.05) is 6.07 Å². The molecule has 202 valence electrons. The SMILES string of the molecule is N=C/C(=C\N)c1cccc(C(=O)NCc2cccc(C(=O)Nc3nc4c(s3)CC(N3CCOCC3)CC4)c2)c1. The Morgan fingerprint density at radius 1 is 1.10 bits per heavy atom. The number of allylic oxidation sites excluding steroid dienone is 1. The second kappa shape index (κ2) is 12.3. The lowest BCUT2D eigenvalue weighted by molar-refractivity contribution is 0.0139. The number of nitrogens with one attached hydrogen (secondary N) is 3. The van der Waals surface area contributed by atoms with Gasteiger partial charge < -0.3 is 21.2 Å². The number of carbonyl (C=O) groups excluding carboxylic acids is 2. The normalized spacial score (nSPS) is 17.7. The highest BCUT2D eigenvalue weighted by Crippen LogP contribution is 2.32. The summed E-state index contributed by atoms with van der Waals surface area (Å²) in [5.41, 5.74) is 9.66. The molecule has 1 unspecified atom stereocenters. The Balaban J connectivity index is 1.19. The van der Waals surface area contributed by atoms with Crippen molar-refractivity contribution in [1.82, 2.24) is 15.2 Å². The van der Waals surface area contributed by atoms with E-state index in [4.69, 9.17) is 20.9 Å². The van der Waals surface area contributed by atoms with Gasteiger partial charge in [0.2, 0.25) is 0 Å². The number of hydrogen-bond donors (Lipinski definition) is 4. The van der Waals surface area contributed by atoms with Crippen molar-refractivity contribution in [3.63, 3.8) is 0 Å². The lowest BCUT2D eigenvalue weighted by atomic mass is 9.96. The van der Waals surface area contributed by atoms with Crippen LogP contribution in [0.5, 0.6) is 0 Å². The predicted molar refractivity (Wildman–Crippen MR) is 153 cm³/mol. The third-order valence-corrected chi connectivity index (χ3v) is 8.17. The first-order valence-corrected chi connectivity index (χ1v) is 13.9. The minimum absolute atomic E-state index is 0.223. The number of aryl methyl sites for hydroxylation is 1. The van der Waals surface area contributed by atoms with Gasteiger partial charge >= 0.3 is 0 Å². The fraction of sp³-hybridized carbons (Fsp3) is 0.310. The summed E-state index contributed by atoms with van der Waals surface area (Å²) in [6, 6.07) is 14.7. The number of morpholine rings is 1. The van der Waals surface area contributed by atoms with Crippen LogP contribution in [0.1, 0.15) is 48.8 Å². The van der Waals surface area contributed by atoms with Crippen LogP contribution in [0.25, 0.3) is 5.57 Å². The van der Waals surface area contributed by atoms with Gasteiger partial charge in [0.15, 0.2) is 5.13 Å². The molecule has 1 aromatic heterocycles. The number of hydrogen-bond acceptors (Lipinski definition) is 8. The Morgan fingerprint density at radius 2 is 1.85 bits per heavy atom. The molecule has 1 aliphatic carbocycles. The van der Waals surface area contributed by atoms with E-state index in [2.05, 4.69) is 15.5 Å². The highest BCUT2D eigenvalue weighted by molar-refractivity contribution is 7.15. The van der Waals surface area contributed by atoms with Gasteiger partial charge in [0, 0.05) is 59.7 Å². The molecule has 1 atom stereocenters. The van der Waals surface area contributed by atoms with E-state index >= 15 is 0 Å². The van der Waals surface area contributed by atoms with E-state index in [1.54, 1.807) is 53.8 Å². The maximum atomic E-state index is 13.0. The fourth-order valence-electron chi connectivity index (χ4n) is 5.01. The summed E-state index contributed by atoms with van der Waals surface area (Å²) in [6.07, 6.45) is 5.45. The molecule has 10 heteroatoms. The molecule has 2 heterocycles. The van der Waals surface area contributed by atoms with Gasteiger partial charge in [-0.2, -0.15) is 0 Å². The third-order valence-electron chi connectivity index (χ3n) is 7.13. The van der Waals surface area contributed by atoms with Gasteiger partial charge in [-0.05, 0) is 54.7 Å². The second-order valence-corrected chi connectivity index (χ2v) is 10.7. The molecule has 1 aliphatic heterocycles. The number of nitrogens with zero attached hydrogens (tertiary/aromatic N) is 2. The number of thiazole rings is 1. The van der Waals surface area contributed by atoms with Crippen molar-refractivity contribution < 1.29 is 14.3 Å². The van der Waals surface area contributed by atoms with Gasteiger partial charge in [-0.25, -0.2) is 4.98 Å². The number of benzene rings is 2. The van der Waals surface area contributed by atoms with Crippen LogP contribution in [0.2, 0.25) is 0 Å². The van der Waals surface area contributed by atoms with Crippen LogP contribution in [0, 0.1) is 5.41 Å². The summed E-state index contributed by atoms with van der Waals surface area (Å²) in [7, 11) is 0. The van der Waals surface area contributed by atoms with Gasteiger partial charge in [-0.1, -0.05) is 24.3 Å². The Kier molecular flexibility index (Phi) is 8.45. The smallest absolute Gasteiger partial charge is 0.257 e. The van der Waals surface area contributed by atoms with E-state index in [9.17, 15) is 9.59 Å². The first kappa shape index (κ1) is 26.7. The van der Waals surface area contributed by atoms with E-state index in [0.29, 0.717) is 33.4 Å². The van der Waals surface area contributed by atoms with Crippen LogP contribution >= 0.6 is 11.3 Å². The molecule has 2 amide bonds. The van der Waals surface area contributed by atoms with Gasteiger partial charge in [0.1, 0.15) is 0 Å². The quantitative estimate of drug-likeness (QED) is 0.321. The maximum absolute atomic E-state index is 13.0. The van der Waals surface area contributed by atoms with Crippen molar-refractivity contribution in [2.45, 2.75) is 31.8 Å². The van der Waals surface area contributed by atoms with Gasteiger partial charge in [-0.15, -0.1) is 11.3 Å². The zero-order valence-electron chi connectivity index (χ0n) is 21.6. The summed E-state index contributed by atoms with van der Waals surface area (Å²) in [6.45, 7) is 3.80. The molecule has 0 saturated carbocycles. The second-order valence-electron chi connectivity index (χ2n) is 9.62. The Labute approximate surface area is 231 Å². The molecule has 5 N–H and O–H groups in total. The monoisotopic (exact) mass is 544 g/mol. The molecule has 0 spiro atoms. The first-order valence-electron chi connectivity index (χ1n) is 13.1. The van der Waals surface area contributed by atoms with Crippen molar-refractivity contribution in [3.05, 3.63) is 87.6 Å². The molecule has 2 aromatic carbocycles. The maximum Gasteiger partial charge on any atom is 0.257 e. The van der Waals surface area contributed by atoms with Gasteiger partial charge in [0.05, 0.1) is 18.9 Å². The average molecular weight is 545 g/mol. The van der Waals surface area contributed by atoms with Crippen LogP contribution in [0.4, 0.5) is 5.13 Å². The number of nitrogens with two attached hydrogens (primary N) is 1. The Hall–Kier alpha value is -3.86. The minimum Gasteiger partial charge on any atom is -0.404 e. The Morgan fingerprint density at radius 3 is 2.62 bits per heavy atom. The predicted octanol–water partition coefficient (Wildman–Crippen LogP) is 3.46. The molecule has 0 bridgehead atoms. The molecular weight excluding hydrogens is 512 g/mol. The average Bonchev–Trinajstić information content (AvgIpc) is 3.39. The lowest BCUT2D eigenvalue weighted by Crippen LogP contribution is -2.45. The summed E-state index contributed by atoms with van der Waals surface area (Å²) < 4.78 is 5.49. The van der Waals surface area contributed by atoms with Crippen LogP contribution in [0.15, 0.2) is 54.7 Å². The van der Waals surface area contributed by atoms with E-state index in [0.717, 1.165) is 63.0 Å². The molecule has 9 nitrogen and oxygen atoms in total. The molecule has 1 saturated heterocycles. The molecule has 2 aliphatic rings. The molecule has 3 aromatic rings. The van der Waals surface area contributed by atoms with E-state index in [1.165, 1.54) is 11.1 Å². The molecule has 1 fully saturated rings. The van der Waals surface area contributed by atoms with Crippen LogP contribution in [-0.2, 0) is 24.1 Å². The van der Waals surface area contributed by atoms with Crippen molar-refractivity contribution >= 4 is 40.1 Å². The number of aromatic nitrogens is 1. The third kappa shape index (κ3) is 6.42. The highest BCUT2D eigenvalue weighted by Gasteiger charge is 2.28. The van der Waals surface area contributed by atoms with Gasteiger partial charge in [0.25, 0.3) is 11.8 Å². The number of carbonyl (C=O) groups is 2. The van der Waals surface area contributed by atoms with Crippen molar-refractivity contribution in [2.75, 3.05) is 31.6 Å². The summed E-state index contributed by atoms with van der Waals surface area (Å²) >= 11 is 1.56. The number of fused-ring (bicyclic) bond motifs is 1. The van der Waals surface area contributed by atoms with E-state index in [-0.39, 0.29) is 18.4 Å². The van der Waals surface area contributed by atoms with Crippen LogP contribution in [0.3, 0.4) is 0 Å². The van der Waals surface area contributed by atoms with Gasteiger partial charge in [-0.3, -0.25) is 19.8 Å². The summed E-state index contributed by atoms with van der Waals surface area (Å²) in [5, 5.41) is 14.0. The van der Waals surface area contributed by atoms with E-state index < -0.39 is 0 Å². The number of ether oxygens (including phenoxy) is 1. The highest BCUT2D eigenvalue weighted by atomic mass is 32.1. The van der Waals surface area contributed by atoms with Crippen molar-refractivity contribution in [3.8, 4) is 0 Å². The first-order chi connectivity index (χ1) is 19.0. The molecule has 5 rings (SSSR count). The minimum atomic E-state index is -0.253. The topological polar surface area (TPSA) is 133 Å². The standard InChI is InChI=1S/C29H32N6O3S/c30-16-23(17-31)20-4-2-6-22(14-20)27(36)32-18-19-3-1-5-21(13-19)28(37)34-29-33-25-8-7-24(15-26(25)39-29)35-9-11-38-12-10-35/h1-6,13-14,16-17,24,30H,7-12,15,18,31H2,(H,32,36)(H,33,34,37)/b23-17+,30-16?.